The number of carbonyl (C=O) groups is 2. The molecule has 374 valence electrons. The number of morpholine rings is 2. The first-order valence-corrected chi connectivity index (χ1v) is 25.5. The van der Waals surface area contributed by atoms with Gasteiger partial charge in [0.2, 0.25) is 0 Å². The largest absolute Gasteiger partial charge is 0.378 e. The molecule has 8 heterocycles. The molecule has 4 saturated heterocycles. The number of pyridine rings is 2. The molecule has 16 heteroatoms. The lowest BCUT2D eigenvalue weighted by Crippen LogP contribution is -2.36. The minimum atomic E-state index is -0.0211. The molecule has 16 nitrogen and oxygen atoms in total. The highest BCUT2D eigenvalue weighted by Gasteiger charge is 2.27. The average molecular weight is 963 g/mol. The number of likely N-dealkylation sites (tertiary alicyclic amines) is 2. The molecule has 2 aromatic carbocycles. The molecule has 0 saturated carbocycles. The summed E-state index contributed by atoms with van der Waals surface area (Å²) in [5.74, 6) is 3.05. The summed E-state index contributed by atoms with van der Waals surface area (Å²) in [5, 5.41) is 18.4. The molecule has 3 N–H and O–H groups in total. The van der Waals surface area contributed by atoms with Crippen LogP contribution in [-0.2, 0) is 16.5 Å². The summed E-state index contributed by atoms with van der Waals surface area (Å²) in [7, 11) is 1.95. The maximum Gasteiger partial charge on any atom is 0.321 e. The summed E-state index contributed by atoms with van der Waals surface area (Å²) >= 11 is 0. The van der Waals surface area contributed by atoms with Crippen molar-refractivity contribution in [2.45, 2.75) is 67.2 Å². The number of nitrogens with one attached hydrogen (secondary N) is 3. The highest BCUT2D eigenvalue weighted by molar-refractivity contribution is 5.92. The van der Waals surface area contributed by atoms with Crippen molar-refractivity contribution >= 4 is 35.1 Å². The van der Waals surface area contributed by atoms with Gasteiger partial charge < -0.3 is 39.7 Å². The van der Waals surface area contributed by atoms with Crippen molar-refractivity contribution in [3.05, 3.63) is 95.3 Å². The fourth-order valence-electron chi connectivity index (χ4n) is 9.88. The molecule has 0 aliphatic carbocycles. The first-order valence-electron chi connectivity index (χ1n) is 25.5. The highest BCUT2D eigenvalue weighted by atomic mass is 16.5. The molecular formula is C55H70N12O4. The number of anilines is 4. The van der Waals surface area contributed by atoms with Crippen LogP contribution in [0.2, 0.25) is 0 Å². The predicted molar refractivity (Wildman–Crippen MR) is 282 cm³/mol. The maximum atomic E-state index is 12.9. The minimum Gasteiger partial charge on any atom is -0.378 e. The number of aromatic amines is 1. The summed E-state index contributed by atoms with van der Waals surface area (Å²) in [5.41, 5.74) is 13.6. The molecule has 0 radical (unpaired) electrons. The Morgan fingerprint density at radius 2 is 1.08 bits per heavy atom. The standard InChI is InChI=1S/C28H36N6O2.C27H34N6O2/c1-5-21-8-9-34(18-21)28(35)29-23-7-6-19(2)24(17-23)22-15-25(26-14-20(3)32(4)31-26)30-27(16-22)33-10-12-36-13-11-33;1-4-20-7-8-33(17-20)27(34)28-22-6-5-18(2)23(16-22)21-14-24(25-13-19(3)30-31-25)29-26(15-21)32-9-11-35-12-10-32/h6-7,14-17,21H,5,8-13,18H2,1-4H3,(H,29,35);5-6,13-16,20H,4,7-12,17H2,1-3H3,(H,28,34)(H,30,31)/t21-;20-/m11/s1. The number of ether oxygens (including phenoxy) is 2. The Morgan fingerprint density at radius 3 is 1.49 bits per heavy atom. The van der Waals surface area contributed by atoms with E-state index in [2.05, 4.69) is 118 Å². The Bertz CT molecular complexity index is 2810. The SMILES string of the molecule is CC[C@@H]1CCN(C(=O)Nc2ccc(C)c(-c3cc(-c4cc(C)[nH]n4)nc(N4CCOCC4)c3)c2)C1.CC[C@@H]1CCN(C(=O)Nc2ccc(C)c(-c3cc(-c4cc(C)n(C)n4)nc(N4CCOCC4)c3)c2)C1. The van der Waals surface area contributed by atoms with Gasteiger partial charge in [-0.2, -0.15) is 10.2 Å². The third-order valence-corrected chi connectivity index (χ3v) is 14.5. The Labute approximate surface area is 418 Å². The van der Waals surface area contributed by atoms with Crippen LogP contribution in [0.25, 0.3) is 45.0 Å². The zero-order chi connectivity index (χ0) is 49.6. The molecule has 71 heavy (non-hydrogen) atoms. The van der Waals surface area contributed by atoms with Crippen LogP contribution in [0.15, 0.2) is 72.8 Å². The Hall–Kier alpha value is -6.78. The van der Waals surface area contributed by atoms with Gasteiger partial charge in [-0.25, -0.2) is 19.6 Å². The van der Waals surface area contributed by atoms with Crippen LogP contribution in [0.4, 0.5) is 32.6 Å². The predicted octanol–water partition coefficient (Wildman–Crippen LogP) is 9.72. The quantitative estimate of drug-likeness (QED) is 0.121. The van der Waals surface area contributed by atoms with E-state index in [9.17, 15) is 9.59 Å². The molecule has 4 fully saturated rings. The van der Waals surface area contributed by atoms with Crippen LogP contribution in [0.5, 0.6) is 0 Å². The van der Waals surface area contributed by atoms with Gasteiger partial charge in [0.15, 0.2) is 0 Å². The number of hydrogen-bond donors (Lipinski definition) is 3. The number of aryl methyl sites for hydroxylation is 5. The second-order valence-corrected chi connectivity index (χ2v) is 19.6. The first-order chi connectivity index (χ1) is 34.4. The zero-order valence-corrected chi connectivity index (χ0v) is 42.6. The van der Waals surface area contributed by atoms with E-state index >= 15 is 0 Å². The lowest BCUT2D eigenvalue weighted by molar-refractivity contribution is 0.122. The Kier molecular flexibility index (Phi) is 15.3. The van der Waals surface area contributed by atoms with Gasteiger partial charge in [-0.05, 0) is 146 Å². The van der Waals surface area contributed by atoms with Gasteiger partial charge in [0, 0.05) is 82.2 Å². The van der Waals surface area contributed by atoms with E-state index < -0.39 is 0 Å². The van der Waals surface area contributed by atoms with Gasteiger partial charge in [0.1, 0.15) is 23.0 Å². The molecule has 4 aromatic heterocycles. The Morgan fingerprint density at radius 1 is 0.606 bits per heavy atom. The van der Waals surface area contributed by atoms with Crippen LogP contribution >= 0.6 is 0 Å². The number of benzene rings is 2. The third kappa shape index (κ3) is 11.7. The molecular weight excluding hydrogens is 893 g/mol. The highest BCUT2D eigenvalue weighted by Crippen LogP contribution is 2.35. The molecule has 0 unspecified atom stereocenters. The van der Waals surface area contributed by atoms with Crippen LogP contribution < -0.4 is 20.4 Å². The van der Waals surface area contributed by atoms with Gasteiger partial charge in [0.05, 0.1) is 37.8 Å². The lowest BCUT2D eigenvalue weighted by atomic mass is 9.99. The number of H-pyrrole nitrogens is 1. The van der Waals surface area contributed by atoms with Gasteiger partial charge in [-0.15, -0.1) is 0 Å². The number of aromatic nitrogens is 6. The van der Waals surface area contributed by atoms with E-state index in [0.29, 0.717) is 38.3 Å². The number of carbonyl (C=O) groups excluding carboxylic acids is 2. The molecule has 10 rings (SSSR count). The summed E-state index contributed by atoms with van der Waals surface area (Å²) in [6.07, 6.45) is 4.40. The number of rotatable bonds is 10. The molecule has 2 atom stereocenters. The van der Waals surface area contributed by atoms with Crippen LogP contribution in [0.3, 0.4) is 0 Å². The maximum absolute atomic E-state index is 12.9. The number of nitrogens with zero attached hydrogens (tertiary/aromatic N) is 9. The fourth-order valence-corrected chi connectivity index (χ4v) is 9.88. The summed E-state index contributed by atoms with van der Waals surface area (Å²) < 4.78 is 13.0. The topological polar surface area (TPSA) is 162 Å². The second kappa shape index (κ2) is 22.1. The molecule has 4 amide bonds. The number of hydrogen-bond acceptors (Lipinski definition) is 10. The zero-order valence-electron chi connectivity index (χ0n) is 42.6. The van der Waals surface area contributed by atoms with Crippen LogP contribution in [0, 0.1) is 39.5 Å². The molecule has 4 aliphatic heterocycles. The Balaban J connectivity index is 0.000000176. The third-order valence-electron chi connectivity index (χ3n) is 14.5. The lowest BCUT2D eigenvalue weighted by Gasteiger charge is -2.28. The normalized spacial score (nSPS) is 18.1. The summed E-state index contributed by atoms with van der Waals surface area (Å²) in [4.78, 5) is 44.1. The monoisotopic (exact) mass is 963 g/mol. The first kappa shape index (κ1) is 49.2. The molecule has 4 aliphatic rings. The van der Waals surface area contributed by atoms with Gasteiger partial charge in [0.25, 0.3) is 0 Å². The van der Waals surface area contributed by atoms with Crippen molar-refractivity contribution in [1.29, 1.82) is 0 Å². The van der Waals surface area contributed by atoms with Crippen LogP contribution in [-0.4, -0.2) is 131 Å². The summed E-state index contributed by atoms with van der Waals surface area (Å²) in [6, 6.07) is 24.7. The van der Waals surface area contributed by atoms with E-state index in [0.717, 1.165) is 169 Å². The smallest absolute Gasteiger partial charge is 0.321 e. The van der Waals surface area contributed by atoms with E-state index in [1.54, 1.807) is 0 Å². The number of amides is 4. The van der Waals surface area contributed by atoms with E-state index in [1.807, 2.05) is 53.6 Å². The van der Waals surface area contributed by atoms with E-state index in [-0.39, 0.29) is 12.1 Å². The molecule has 0 bridgehead atoms. The van der Waals surface area contributed by atoms with E-state index in [4.69, 9.17) is 19.4 Å². The van der Waals surface area contributed by atoms with Crippen molar-refractivity contribution < 1.29 is 19.1 Å². The van der Waals surface area contributed by atoms with Gasteiger partial charge >= 0.3 is 12.1 Å². The van der Waals surface area contributed by atoms with Gasteiger partial charge in [-0.1, -0.05) is 38.8 Å². The van der Waals surface area contributed by atoms with Crippen molar-refractivity contribution in [1.82, 2.24) is 39.7 Å². The van der Waals surface area contributed by atoms with Crippen molar-refractivity contribution in [2.75, 3.05) is 99.2 Å². The molecule has 6 aromatic rings. The second-order valence-electron chi connectivity index (χ2n) is 19.6. The van der Waals surface area contributed by atoms with Crippen molar-refractivity contribution in [2.24, 2.45) is 18.9 Å². The fraction of sp³-hybridized carbons (Fsp3) is 0.455. The van der Waals surface area contributed by atoms with Crippen molar-refractivity contribution in [3.63, 3.8) is 0 Å². The van der Waals surface area contributed by atoms with Crippen molar-refractivity contribution in [3.8, 4) is 45.0 Å². The average Bonchev–Trinajstić information content (AvgIpc) is 4.24. The van der Waals surface area contributed by atoms with E-state index in [1.165, 1.54) is 0 Å². The van der Waals surface area contributed by atoms with Gasteiger partial charge in [-0.3, -0.25) is 9.78 Å². The molecule has 0 spiro atoms. The minimum absolute atomic E-state index is 0.0193. The number of urea groups is 2. The summed E-state index contributed by atoms with van der Waals surface area (Å²) in [6.45, 7) is 21.9. The van der Waals surface area contributed by atoms with Crippen LogP contribution in [0.1, 0.15) is 62.0 Å².